The molecule has 12 amide bonds. The maximum absolute atomic E-state index is 16.3. The van der Waals surface area contributed by atoms with E-state index in [0.29, 0.717) is 63.1 Å². The summed E-state index contributed by atoms with van der Waals surface area (Å²) >= 11 is 0. The quantitative estimate of drug-likeness (QED) is 0.0458. The predicted octanol–water partition coefficient (Wildman–Crippen LogP) is -0.496. The molecular weight excluding hydrogens is 1510 g/mol. The standard InChI is InChI=1S/C82H106FN17O17/c1-50-74(106)91-65(44-86-68(102)26-34-115-36-37-116-35-33-100(4,5)6)76(108)88-62-40-55-10-8-11-56(38-55)43-85-70(104)49-117-67-25-30-98-73(67)78(110)92-72(51(2)101)77(109)90-63(39-53-16-19-60(114-7)20-17-53)80(112)99-29-9-27-82(99,3)81(113)84-28-24-52-12-14-54(15-13-52)45-95(71(105)23-22-69(103)87-50)31-32-97-48-59(93-94-97)47-96-46-57(41-64(79(98)111)89-75(62)107)61-42-58(83)18-21-66(61)96/h8,10-21,38,42,46,48,50-51,62-65,67,72-73,101H,9,22-37,39-41,43-45,47,49H2,1-7H3,(H8-,84,85,86,87,88,89,90,91,92,102,103,104,106,107,108,109,110,113)/p+1/t50-,51+,62?,63-,64-,65+,67-,72-,73-,82-/m0/s1. The second-order valence-electron chi connectivity index (χ2n) is 31.6. The van der Waals surface area contributed by atoms with E-state index in [0.717, 1.165) is 17.0 Å². The Kier molecular flexibility index (Phi) is 29.3. The van der Waals surface area contributed by atoms with Gasteiger partial charge in [0.1, 0.15) is 78.2 Å². The third kappa shape index (κ3) is 23.3. The van der Waals surface area contributed by atoms with Crippen molar-refractivity contribution >= 4 is 81.8 Å². The number of aliphatic hydroxyl groups is 1. The fourth-order valence-corrected chi connectivity index (χ4v) is 15.0. The number of quaternary nitrogens is 1. The number of ether oxygens (including phenoxy) is 4. The molecule has 0 aliphatic carbocycles. The van der Waals surface area contributed by atoms with E-state index in [1.54, 1.807) is 77.3 Å². The summed E-state index contributed by atoms with van der Waals surface area (Å²) in [6.45, 7) is 4.62. The van der Waals surface area contributed by atoms with Crippen molar-refractivity contribution in [2.45, 2.75) is 171 Å². The molecule has 8 heterocycles. The topological polar surface area (TPSA) is 416 Å². The second kappa shape index (κ2) is 39.6. The van der Waals surface area contributed by atoms with Crippen molar-refractivity contribution in [1.82, 2.24) is 82.1 Å². The number of rotatable bonds is 15. The number of amides is 12. The number of carbonyl (C=O) groups excluding carboxylic acids is 12. The lowest BCUT2D eigenvalue weighted by Gasteiger charge is -2.37. The lowest BCUT2D eigenvalue weighted by atomic mass is 9.95. The number of halogens is 1. The van der Waals surface area contributed by atoms with Crippen LogP contribution in [0.3, 0.4) is 0 Å². The van der Waals surface area contributed by atoms with Gasteiger partial charge < -0.3 is 95.7 Å². The number of hydrogen-bond donors (Lipinski definition) is 10. The highest BCUT2D eigenvalue weighted by Crippen LogP contribution is 2.32. The van der Waals surface area contributed by atoms with E-state index in [4.69, 9.17) is 18.9 Å². The molecule has 628 valence electrons. The van der Waals surface area contributed by atoms with Crippen LogP contribution in [0.1, 0.15) is 98.4 Å². The number of hydrogen-bond acceptors (Lipinski definition) is 19. The zero-order valence-electron chi connectivity index (χ0n) is 67.1. The Labute approximate surface area is 677 Å². The van der Waals surface area contributed by atoms with Crippen LogP contribution in [-0.2, 0) is 124 Å². The maximum Gasteiger partial charge on any atom is 0.246 e. The molecule has 1 unspecified atom stereocenters. The van der Waals surface area contributed by atoms with Crippen molar-refractivity contribution in [1.29, 1.82) is 0 Å². The first-order chi connectivity index (χ1) is 56.0. The third-order valence-corrected chi connectivity index (χ3v) is 21.7. The molecule has 10 N–H and O–H groups in total. The van der Waals surface area contributed by atoms with Crippen LogP contribution >= 0.6 is 0 Å². The first-order valence-electron chi connectivity index (χ1n) is 39.7. The Morgan fingerprint density at radius 1 is 0.709 bits per heavy atom. The first kappa shape index (κ1) is 86.6. The molecule has 2 aromatic heterocycles. The normalized spacial score (nSPS) is 24.0. The van der Waals surface area contributed by atoms with Crippen molar-refractivity contribution in [2.75, 3.05) is 101 Å². The van der Waals surface area contributed by atoms with Gasteiger partial charge in [-0.15, -0.1) is 5.10 Å². The molecule has 6 aliphatic heterocycles. The van der Waals surface area contributed by atoms with Gasteiger partial charge >= 0.3 is 0 Å². The van der Waals surface area contributed by atoms with E-state index in [1.165, 1.54) is 48.7 Å². The largest absolute Gasteiger partial charge is 0.497 e. The molecule has 0 spiro atoms. The summed E-state index contributed by atoms with van der Waals surface area (Å²) in [5, 5.41) is 45.7. The van der Waals surface area contributed by atoms with Crippen molar-refractivity contribution in [2.24, 2.45) is 0 Å². The van der Waals surface area contributed by atoms with Crippen LogP contribution in [-0.4, -0.2) is 275 Å². The van der Waals surface area contributed by atoms with Crippen LogP contribution in [0.25, 0.3) is 10.9 Å². The van der Waals surface area contributed by atoms with Gasteiger partial charge in [0.15, 0.2) is 0 Å². The smallest absolute Gasteiger partial charge is 0.246 e. The molecular formula is C82H107FN17O17+. The fourth-order valence-electron chi connectivity index (χ4n) is 15.0. The summed E-state index contributed by atoms with van der Waals surface area (Å²) in [5.41, 5.74) is 2.67. The minimum atomic E-state index is -1.89. The number of aliphatic hydroxyl groups excluding tert-OH is 1. The summed E-state index contributed by atoms with van der Waals surface area (Å²) < 4.78 is 43.0. The van der Waals surface area contributed by atoms with E-state index < -0.39 is 163 Å². The highest BCUT2D eigenvalue weighted by atomic mass is 19.1. The van der Waals surface area contributed by atoms with Crippen molar-refractivity contribution in [3.8, 4) is 5.75 Å². The predicted molar refractivity (Wildman–Crippen MR) is 422 cm³/mol. The van der Waals surface area contributed by atoms with Crippen LogP contribution in [0.4, 0.5) is 4.39 Å². The molecule has 2 fully saturated rings. The van der Waals surface area contributed by atoms with Crippen molar-refractivity contribution < 1.29 is 90.5 Å². The molecule has 10 atom stereocenters. The van der Waals surface area contributed by atoms with Gasteiger partial charge in [0.05, 0.1) is 86.2 Å². The van der Waals surface area contributed by atoms with Gasteiger partial charge in [0, 0.05) is 101 Å². The number of nitrogens with zero attached hydrogens (tertiary/aromatic N) is 8. The molecule has 6 aromatic rings. The number of aromatic nitrogens is 4. The highest BCUT2D eigenvalue weighted by Gasteiger charge is 2.50. The Morgan fingerprint density at radius 2 is 1.44 bits per heavy atom. The van der Waals surface area contributed by atoms with Gasteiger partial charge in [-0.05, 0) is 110 Å². The Morgan fingerprint density at radius 3 is 2.20 bits per heavy atom. The minimum Gasteiger partial charge on any atom is -0.497 e. The van der Waals surface area contributed by atoms with Crippen LogP contribution in [0.15, 0.2) is 103 Å². The van der Waals surface area contributed by atoms with E-state index >= 15 is 33.2 Å². The summed E-state index contributed by atoms with van der Waals surface area (Å²) in [6.07, 6.45) is -0.774. The van der Waals surface area contributed by atoms with Gasteiger partial charge in [0.2, 0.25) is 70.9 Å². The highest BCUT2D eigenvalue weighted by molar-refractivity contribution is 6.00. The molecule has 14 bridgehead atoms. The van der Waals surface area contributed by atoms with Gasteiger partial charge in [-0.1, -0.05) is 65.9 Å². The molecule has 0 saturated carbocycles. The Bertz CT molecular complexity index is 4590. The van der Waals surface area contributed by atoms with Gasteiger partial charge in [-0.3, -0.25) is 62.2 Å². The first-order valence-corrected chi connectivity index (χ1v) is 39.7. The zero-order valence-corrected chi connectivity index (χ0v) is 67.1. The molecule has 12 rings (SSSR count). The maximum atomic E-state index is 16.3. The SMILES string of the molecule is COc1ccc(C[C@@H]2NC(=O)[C@H]([C@@H](C)O)NC(=O)[C@@H]3[C@@H]4CCN3C(=O)[C@@H]3Cc5cn(c6ccc(F)cc56)Cc5cn(nn5)CCN(Cc5ccc(cc5)CCNC(=O)[C@]5(C)CCCN5C2=O)C(=O)CCC(=O)N[C@@H](C)C(=O)N[C@H](CNC(=O)CCOCCOCC[N+](C)(C)C)C(=O)NC(Cc2cccc(c2)CNC(=O)CO4)C(=O)N3)cc1. The third-order valence-electron chi connectivity index (χ3n) is 21.7. The van der Waals surface area contributed by atoms with E-state index in [9.17, 15) is 33.9 Å². The Hall–Kier alpha value is -11.3. The molecule has 6 aliphatic rings. The van der Waals surface area contributed by atoms with E-state index in [2.05, 4.69) is 58.2 Å². The summed E-state index contributed by atoms with van der Waals surface area (Å²) in [4.78, 5) is 183. The van der Waals surface area contributed by atoms with Crippen molar-refractivity contribution in [3.63, 3.8) is 0 Å². The Balaban J connectivity index is 1.01. The number of methoxy groups -OCH3 is 1. The molecule has 2 saturated heterocycles. The van der Waals surface area contributed by atoms with Crippen LogP contribution in [0.5, 0.6) is 5.75 Å². The summed E-state index contributed by atoms with van der Waals surface area (Å²) in [7, 11) is 7.58. The lowest BCUT2D eigenvalue weighted by Crippen LogP contribution is -2.64. The van der Waals surface area contributed by atoms with E-state index in [1.807, 2.05) is 45.4 Å². The number of benzene rings is 4. The summed E-state index contributed by atoms with van der Waals surface area (Å²) in [6, 6.07) is 13.1. The van der Waals surface area contributed by atoms with E-state index in [-0.39, 0.29) is 122 Å². The zero-order chi connectivity index (χ0) is 83.7. The van der Waals surface area contributed by atoms with Gasteiger partial charge in [0.25, 0.3) is 0 Å². The number of nitrogens with one attached hydrogen (secondary N) is 9. The van der Waals surface area contributed by atoms with Crippen LogP contribution < -0.4 is 52.6 Å². The minimum absolute atomic E-state index is 0.00161. The van der Waals surface area contributed by atoms with Gasteiger partial charge in [-0.2, -0.15) is 0 Å². The van der Waals surface area contributed by atoms with Crippen LogP contribution in [0.2, 0.25) is 0 Å². The van der Waals surface area contributed by atoms with Crippen molar-refractivity contribution in [3.05, 3.63) is 148 Å². The fraction of sp³-hybridized carbons (Fsp3) is 0.512. The van der Waals surface area contributed by atoms with Crippen LogP contribution in [0, 0.1) is 5.82 Å². The monoisotopic (exact) mass is 1620 g/mol. The van der Waals surface area contributed by atoms with Gasteiger partial charge in [-0.25, -0.2) is 4.39 Å². The molecule has 4 aromatic carbocycles. The molecule has 0 radical (unpaired) electrons. The summed E-state index contributed by atoms with van der Waals surface area (Å²) in [5.74, 6) is -9.78. The average molecular weight is 1620 g/mol. The lowest BCUT2D eigenvalue weighted by molar-refractivity contribution is -0.870. The average Bonchev–Trinajstić information content (AvgIpc) is 1.65. The molecule has 117 heavy (non-hydrogen) atoms. The number of fused-ring (bicyclic) bond motifs is 16. The number of carbonyl (C=O) groups is 12. The molecule has 34 nitrogen and oxygen atoms in total. The number of likely N-dealkylation sites (N-methyl/N-ethyl adjacent to an activating group) is 1. The molecule has 35 heteroatoms. The second-order valence-corrected chi connectivity index (χ2v) is 31.6.